The van der Waals surface area contributed by atoms with Crippen LogP contribution in [0.15, 0.2) is 63.2 Å². The molecule has 0 unspecified atom stereocenters. The smallest absolute Gasteiger partial charge is 0.304 e. The van der Waals surface area contributed by atoms with Crippen molar-refractivity contribution >= 4 is 55.1 Å². The summed E-state index contributed by atoms with van der Waals surface area (Å²) in [6, 6.07) is 12.6. The van der Waals surface area contributed by atoms with Gasteiger partial charge in [-0.25, -0.2) is 0 Å². The lowest BCUT2D eigenvalue weighted by molar-refractivity contribution is -0.393. The first-order valence-electron chi connectivity index (χ1n) is 7.20. The Labute approximate surface area is 154 Å². The molecule has 0 saturated carbocycles. The van der Waals surface area contributed by atoms with Crippen molar-refractivity contribution < 1.29 is 9.85 Å². The van der Waals surface area contributed by atoms with E-state index in [1.807, 2.05) is 18.2 Å². The van der Waals surface area contributed by atoms with E-state index in [4.69, 9.17) is 5.73 Å². The molecule has 0 aliphatic heterocycles. The summed E-state index contributed by atoms with van der Waals surface area (Å²) < 4.78 is 0.0990. The minimum absolute atomic E-state index is 0.0990. The summed E-state index contributed by atoms with van der Waals surface area (Å²) in [5.41, 5.74) is 5.93. The zero-order chi connectivity index (χ0) is 18.8. The molecular formula is C16H10BrN5O4. The van der Waals surface area contributed by atoms with Gasteiger partial charge in [-0.3, -0.25) is 20.2 Å². The van der Waals surface area contributed by atoms with Gasteiger partial charge in [-0.2, -0.15) is 0 Å². The number of rotatable bonds is 4. The van der Waals surface area contributed by atoms with Crippen LogP contribution in [0.4, 0.5) is 28.4 Å². The van der Waals surface area contributed by atoms with Crippen LogP contribution >= 0.6 is 15.9 Å². The summed E-state index contributed by atoms with van der Waals surface area (Å²) in [6.07, 6.45) is 0. The number of nitro groups is 2. The number of fused-ring (bicyclic) bond motifs is 1. The van der Waals surface area contributed by atoms with E-state index < -0.39 is 21.2 Å². The standard InChI is InChI=1S/C16H10BrN5O4/c17-12-7-9(21(23)24)8-15(22(25)26)16(12)20-19-14-6-5-13(18)10-3-1-2-4-11(10)14/h1-8H,18H2. The third kappa shape index (κ3) is 3.22. The molecule has 0 saturated heterocycles. The largest absolute Gasteiger partial charge is 0.398 e. The van der Waals surface area contributed by atoms with Crippen molar-refractivity contribution in [2.45, 2.75) is 0 Å². The van der Waals surface area contributed by atoms with Crippen LogP contribution in [0.3, 0.4) is 0 Å². The first kappa shape index (κ1) is 17.4. The molecule has 10 heteroatoms. The summed E-state index contributed by atoms with van der Waals surface area (Å²) in [7, 11) is 0. The van der Waals surface area contributed by atoms with Gasteiger partial charge < -0.3 is 5.73 Å². The molecule has 3 aromatic carbocycles. The van der Waals surface area contributed by atoms with E-state index in [1.54, 1.807) is 18.2 Å². The predicted octanol–water partition coefficient (Wildman–Crippen LogP) is 5.42. The molecule has 0 spiro atoms. The number of nitrogen functional groups attached to an aromatic ring is 1. The summed E-state index contributed by atoms with van der Waals surface area (Å²) in [5, 5.41) is 31.7. The molecular weight excluding hydrogens is 406 g/mol. The molecule has 0 aliphatic carbocycles. The van der Waals surface area contributed by atoms with E-state index in [9.17, 15) is 20.2 Å². The molecule has 0 atom stereocenters. The number of anilines is 1. The molecule has 3 aromatic rings. The molecule has 0 heterocycles. The fraction of sp³-hybridized carbons (Fsp3) is 0. The molecule has 26 heavy (non-hydrogen) atoms. The Bertz CT molecular complexity index is 1080. The fourth-order valence-corrected chi connectivity index (χ4v) is 2.93. The zero-order valence-electron chi connectivity index (χ0n) is 13.0. The molecule has 0 radical (unpaired) electrons. The Balaban J connectivity index is 2.14. The average molecular weight is 416 g/mol. The van der Waals surface area contributed by atoms with Crippen molar-refractivity contribution in [3.8, 4) is 0 Å². The predicted molar refractivity (Wildman–Crippen MR) is 100.0 cm³/mol. The third-order valence-corrected chi connectivity index (χ3v) is 4.23. The second-order valence-corrected chi connectivity index (χ2v) is 6.08. The third-order valence-electron chi connectivity index (χ3n) is 3.63. The number of benzene rings is 3. The molecule has 3 rings (SSSR count). The van der Waals surface area contributed by atoms with Crippen LogP contribution in [-0.2, 0) is 0 Å². The summed E-state index contributed by atoms with van der Waals surface area (Å²) in [5.74, 6) is 0. The average Bonchev–Trinajstić information content (AvgIpc) is 2.61. The van der Waals surface area contributed by atoms with Gasteiger partial charge >= 0.3 is 5.69 Å². The molecule has 0 bridgehead atoms. The molecule has 9 nitrogen and oxygen atoms in total. The number of hydrogen-bond acceptors (Lipinski definition) is 7. The van der Waals surface area contributed by atoms with Crippen molar-refractivity contribution in [2.75, 3.05) is 5.73 Å². The second-order valence-electron chi connectivity index (χ2n) is 5.23. The van der Waals surface area contributed by atoms with E-state index in [0.717, 1.165) is 22.9 Å². The quantitative estimate of drug-likeness (QED) is 0.262. The lowest BCUT2D eigenvalue weighted by Crippen LogP contribution is -1.93. The van der Waals surface area contributed by atoms with Crippen molar-refractivity contribution in [1.82, 2.24) is 0 Å². The fourth-order valence-electron chi connectivity index (χ4n) is 2.41. The van der Waals surface area contributed by atoms with Crippen LogP contribution in [0.1, 0.15) is 0 Å². The van der Waals surface area contributed by atoms with Gasteiger partial charge in [-0.1, -0.05) is 24.3 Å². The first-order valence-corrected chi connectivity index (χ1v) is 7.99. The van der Waals surface area contributed by atoms with E-state index in [-0.39, 0.29) is 10.2 Å². The van der Waals surface area contributed by atoms with Gasteiger partial charge in [0.15, 0.2) is 5.69 Å². The van der Waals surface area contributed by atoms with Crippen LogP contribution in [0.5, 0.6) is 0 Å². The van der Waals surface area contributed by atoms with E-state index in [1.165, 1.54) is 0 Å². The molecule has 2 N–H and O–H groups in total. The minimum Gasteiger partial charge on any atom is -0.398 e. The molecule has 0 aliphatic rings. The Kier molecular flexibility index (Phi) is 4.59. The van der Waals surface area contributed by atoms with E-state index in [0.29, 0.717) is 11.4 Å². The van der Waals surface area contributed by atoms with Gasteiger partial charge in [-0.05, 0) is 28.1 Å². The van der Waals surface area contributed by atoms with Crippen LogP contribution < -0.4 is 5.73 Å². The monoisotopic (exact) mass is 415 g/mol. The Morgan fingerprint density at radius 3 is 2.27 bits per heavy atom. The highest BCUT2D eigenvalue weighted by Crippen LogP contribution is 2.40. The van der Waals surface area contributed by atoms with Gasteiger partial charge in [0.05, 0.1) is 26.1 Å². The van der Waals surface area contributed by atoms with Gasteiger partial charge in [0, 0.05) is 22.5 Å². The lowest BCUT2D eigenvalue weighted by Gasteiger charge is -2.04. The highest BCUT2D eigenvalue weighted by atomic mass is 79.9. The highest BCUT2D eigenvalue weighted by Gasteiger charge is 2.23. The van der Waals surface area contributed by atoms with Crippen molar-refractivity contribution in [2.24, 2.45) is 10.2 Å². The Morgan fingerprint density at radius 2 is 1.62 bits per heavy atom. The van der Waals surface area contributed by atoms with Crippen LogP contribution in [-0.4, -0.2) is 9.85 Å². The number of non-ortho nitro benzene ring substituents is 1. The normalized spacial score (nSPS) is 11.1. The van der Waals surface area contributed by atoms with Crippen molar-refractivity contribution in [1.29, 1.82) is 0 Å². The number of hydrogen-bond donors (Lipinski definition) is 1. The summed E-state index contributed by atoms with van der Waals surface area (Å²) >= 11 is 3.09. The Hall–Kier alpha value is -3.40. The number of nitro benzene ring substituents is 2. The number of azo groups is 1. The highest BCUT2D eigenvalue weighted by molar-refractivity contribution is 9.10. The van der Waals surface area contributed by atoms with Crippen molar-refractivity contribution in [3.63, 3.8) is 0 Å². The first-order chi connectivity index (χ1) is 12.4. The number of halogens is 1. The molecule has 0 fully saturated rings. The molecule has 130 valence electrons. The molecule has 0 aromatic heterocycles. The SMILES string of the molecule is Nc1ccc(N=Nc2c(Br)cc([N+](=O)[O-])cc2[N+](=O)[O-])c2ccccc12. The van der Waals surface area contributed by atoms with Gasteiger partial charge in [0.25, 0.3) is 5.69 Å². The zero-order valence-corrected chi connectivity index (χ0v) is 14.6. The molecule has 0 amide bonds. The van der Waals surface area contributed by atoms with Gasteiger partial charge in [-0.15, -0.1) is 10.2 Å². The topological polar surface area (TPSA) is 137 Å². The van der Waals surface area contributed by atoms with Gasteiger partial charge in [0.2, 0.25) is 0 Å². The Morgan fingerprint density at radius 1 is 0.923 bits per heavy atom. The van der Waals surface area contributed by atoms with E-state index in [2.05, 4.69) is 26.2 Å². The lowest BCUT2D eigenvalue weighted by atomic mass is 10.1. The maximum atomic E-state index is 11.3. The van der Waals surface area contributed by atoms with Crippen LogP contribution in [0.2, 0.25) is 0 Å². The maximum absolute atomic E-state index is 11.3. The minimum atomic E-state index is -0.743. The van der Waals surface area contributed by atoms with Crippen LogP contribution in [0, 0.1) is 20.2 Å². The van der Waals surface area contributed by atoms with Crippen LogP contribution in [0.25, 0.3) is 10.8 Å². The van der Waals surface area contributed by atoms with Crippen molar-refractivity contribution in [3.05, 3.63) is 73.2 Å². The maximum Gasteiger partial charge on any atom is 0.304 e. The second kappa shape index (κ2) is 6.84. The summed E-state index contributed by atoms with van der Waals surface area (Å²) in [4.78, 5) is 20.7. The van der Waals surface area contributed by atoms with Gasteiger partial charge in [0.1, 0.15) is 0 Å². The number of nitrogens with zero attached hydrogens (tertiary/aromatic N) is 4. The number of nitrogens with two attached hydrogens (primary N) is 1. The summed E-state index contributed by atoms with van der Waals surface area (Å²) in [6.45, 7) is 0. The van der Waals surface area contributed by atoms with E-state index >= 15 is 0 Å².